The highest BCUT2D eigenvalue weighted by atomic mass is 32.1. The van der Waals surface area contributed by atoms with E-state index in [-0.39, 0.29) is 11.3 Å². The van der Waals surface area contributed by atoms with E-state index in [9.17, 15) is 14.7 Å². The number of rotatable bonds is 3. The van der Waals surface area contributed by atoms with Gasteiger partial charge in [-0.2, -0.15) is 0 Å². The quantitative estimate of drug-likeness (QED) is 0.429. The van der Waals surface area contributed by atoms with Gasteiger partial charge in [-0.25, -0.2) is 4.98 Å². The molecular formula is C20H15N3O3S. The summed E-state index contributed by atoms with van der Waals surface area (Å²) in [6.45, 7) is 1.96. The zero-order chi connectivity index (χ0) is 19.0. The topological polar surface area (TPSA) is 83.4 Å². The van der Waals surface area contributed by atoms with Crippen LogP contribution in [0.4, 0.5) is 5.13 Å². The third kappa shape index (κ3) is 2.92. The number of aromatic nitrogens is 2. The number of hydrogen-bond acceptors (Lipinski definition) is 6. The Kier molecular flexibility index (Phi) is 4.29. The number of pyridine rings is 1. The molecule has 1 aliphatic heterocycles. The summed E-state index contributed by atoms with van der Waals surface area (Å²) in [5.74, 6) is -1.66. The van der Waals surface area contributed by atoms with E-state index >= 15 is 0 Å². The van der Waals surface area contributed by atoms with Crippen LogP contribution in [-0.2, 0) is 9.59 Å². The van der Waals surface area contributed by atoms with Gasteiger partial charge in [-0.3, -0.25) is 19.5 Å². The van der Waals surface area contributed by atoms with E-state index in [1.54, 1.807) is 23.7 Å². The number of aliphatic hydroxyl groups excluding tert-OH is 1. The predicted octanol–water partition coefficient (Wildman–Crippen LogP) is 3.47. The maximum Gasteiger partial charge on any atom is 0.301 e. The third-order valence-corrected chi connectivity index (χ3v) is 5.19. The monoisotopic (exact) mass is 377 g/mol. The van der Waals surface area contributed by atoms with Crippen molar-refractivity contribution >= 4 is 33.9 Å². The smallest absolute Gasteiger partial charge is 0.301 e. The van der Waals surface area contributed by atoms with Gasteiger partial charge in [-0.05, 0) is 24.6 Å². The van der Waals surface area contributed by atoms with Crippen LogP contribution in [0.2, 0.25) is 0 Å². The molecule has 0 aliphatic carbocycles. The number of thiazole rings is 1. The second-order valence-corrected chi connectivity index (χ2v) is 7.00. The number of aryl methyl sites for hydroxylation is 1. The molecule has 1 aliphatic rings. The van der Waals surface area contributed by atoms with Crippen molar-refractivity contribution in [2.45, 2.75) is 13.0 Å². The molecule has 4 rings (SSSR count). The average Bonchev–Trinajstić information content (AvgIpc) is 3.30. The summed E-state index contributed by atoms with van der Waals surface area (Å²) < 4.78 is 0. The maximum absolute atomic E-state index is 12.8. The number of nitrogens with zero attached hydrogens (tertiary/aromatic N) is 3. The fourth-order valence-electron chi connectivity index (χ4n) is 3.09. The van der Waals surface area contributed by atoms with Crippen molar-refractivity contribution in [2.24, 2.45) is 0 Å². The lowest BCUT2D eigenvalue weighted by Gasteiger charge is -2.23. The molecule has 0 bridgehead atoms. The highest BCUT2D eigenvalue weighted by Crippen LogP contribution is 2.42. The SMILES string of the molecule is Cc1ccc(C2/C(=C(\O)c3ccncc3)C(=O)C(=O)N2c2nccs2)cc1. The summed E-state index contributed by atoms with van der Waals surface area (Å²) in [6.07, 6.45) is 4.62. The Bertz CT molecular complexity index is 1030. The normalized spacial score (nSPS) is 18.9. The van der Waals surface area contributed by atoms with Crippen LogP contribution in [0, 0.1) is 6.92 Å². The number of aliphatic hydroxyl groups is 1. The van der Waals surface area contributed by atoms with Crippen LogP contribution in [0.15, 0.2) is 65.9 Å². The molecule has 134 valence electrons. The minimum Gasteiger partial charge on any atom is -0.507 e. The van der Waals surface area contributed by atoms with Gasteiger partial charge in [0.2, 0.25) is 0 Å². The van der Waals surface area contributed by atoms with Gasteiger partial charge in [0.25, 0.3) is 5.78 Å². The molecule has 1 amide bonds. The summed E-state index contributed by atoms with van der Waals surface area (Å²) in [6, 6.07) is 9.97. The van der Waals surface area contributed by atoms with Gasteiger partial charge < -0.3 is 5.11 Å². The van der Waals surface area contributed by atoms with Crippen LogP contribution in [0.3, 0.4) is 0 Å². The van der Waals surface area contributed by atoms with Crippen molar-refractivity contribution in [1.82, 2.24) is 9.97 Å². The molecule has 2 aromatic heterocycles. The van der Waals surface area contributed by atoms with Crippen LogP contribution in [0.25, 0.3) is 5.76 Å². The van der Waals surface area contributed by atoms with Crippen molar-refractivity contribution < 1.29 is 14.7 Å². The molecule has 3 aromatic rings. The molecule has 1 saturated heterocycles. The fourth-order valence-corrected chi connectivity index (χ4v) is 3.76. The Labute approximate surface area is 159 Å². The van der Waals surface area contributed by atoms with E-state index in [1.165, 1.54) is 28.6 Å². The summed E-state index contributed by atoms with van der Waals surface area (Å²) in [7, 11) is 0. The molecule has 0 radical (unpaired) electrons. The molecule has 1 N–H and O–H groups in total. The average molecular weight is 377 g/mol. The predicted molar refractivity (Wildman–Crippen MR) is 102 cm³/mol. The number of hydrogen-bond donors (Lipinski definition) is 1. The Morgan fingerprint density at radius 1 is 1.07 bits per heavy atom. The fraction of sp³-hybridized carbons (Fsp3) is 0.100. The Hall–Kier alpha value is -3.32. The lowest BCUT2D eigenvalue weighted by Crippen LogP contribution is -2.29. The van der Waals surface area contributed by atoms with Gasteiger partial charge in [0, 0.05) is 29.5 Å². The van der Waals surface area contributed by atoms with Gasteiger partial charge in [-0.1, -0.05) is 29.8 Å². The second-order valence-electron chi connectivity index (χ2n) is 6.13. The molecule has 1 unspecified atom stereocenters. The summed E-state index contributed by atoms with van der Waals surface area (Å²) in [4.78, 5) is 35.1. The summed E-state index contributed by atoms with van der Waals surface area (Å²) in [5.41, 5.74) is 2.26. The number of ketones is 1. The van der Waals surface area contributed by atoms with Crippen LogP contribution in [-0.4, -0.2) is 26.8 Å². The first-order valence-electron chi connectivity index (χ1n) is 8.25. The van der Waals surface area contributed by atoms with Crippen LogP contribution >= 0.6 is 11.3 Å². The van der Waals surface area contributed by atoms with E-state index in [0.717, 1.165) is 11.1 Å². The molecule has 7 heteroatoms. The Morgan fingerprint density at radius 3 is 2.41 bits per heavy atom. The first-order valence-corrected chi connectivity index (χ1v) is 9.13. The van der Waals surface area contributed by atoms with Crippen LogP contribution < -0.4 is 4.90 Å². The third-order valence-electron chi connectivity index (χ3n) is 4.42. The molecule has 1 aromatic carbocycles. The van der Waals surface area contributed by atoms with Gasteiger partial charge >= 0.3 is 5.91 Å². The molecule has 1 atom stereocenters. The van der Waals surface area contributed by atoms with Gasteiger partial charge in [-0.15, -0.1) is 11.3 Å². The minimum atomic E-state index is -0.745. The highest BCUT2D eigenvalue weighted by molar-refractivity contribution is 7.14. The lowest BCUT2D eigenvalue weighted by molar-refractivity contribution is -0.132. The second kappa shape index (κ2) is 6.77. The van der Waals surface area contributed by atoms with E-state index in [2.05, 4.69) is 9.97 Å². The van der Waals surface area contributed by atoms with E-state index in [1.807, 2.05) is 31.2 Å². The molecule has 3 heterocycles. The van der Waals surface area contributed by atoms with Crippen LogP contribution in [0.1, 0.15) is 22.7 Å². The van der Waals surface area contributed by atoms with Gasteiger partial charge in [0.05, 0.1) is 11.6 Å². The first-order chi connectivity index (χ1) is 13.1. The van der Waals surface area contributed by atoms with Crippen LogP contribution in [0.5, 0.6) is 0 Å². The summed E-state index contributed by atoms with van der Waals surface area (Å²) in [5, 5.41) is 13.0. The molecule has 1 fully saturated rings. The molecule has 0 spiro atoms. The van der Waals surface area contributed by atoms with Gasteiger partial charge in [0.1, 0.15) is 5.76 Å². The molecular weight excluding hydrogens is 362 g/mol. The number of Topliss-reactive ketones (excluding diaryl/α,β-unsaturated/α-hetero) is 1. The van der Waals surface area contributed by atoms with E-state index in [4.69, 9.17) is 0 Å². The van der Waals surface area contributed by atoms with Crippen molar-refractivity contribution in [3.63, 3.8) is 0 Å². The molecule has 6 nitrogen and oxygen atoms in total. The molecule has 27 heavy (non-hydrogen) atoms. The van der Waals surface area contributed by atoms with Crippen molar-refractivity contribution in [3.05, 3.63) is 82.6 Å². The Balaban J connectivity index is 1.94. The number of carbonyl (C=O) groups excluding carboxylic acids is 2. The highest BCUT2D eigenvalue weighted by Gasteiger charge is 2.47. The standard InChI is InChI=1S/C20H15N3O3S/c1-12-2-4-13(5-3-12)16-15(17(24)14-6-8-21-9-7-14)18(25)19(26)23(16)20-22-10-11-27-20/h2-11,16,24H,1H3/b17-15+. The largest absolute Gasteiger partial charge is 0.507 e. The van der Waals surface area contributed by atoms with Gasteiger partial charge in [0.15, 0.2) is 5.13 Å². The number of benzene rings is 1. The van der Waals surface area contributed by atoms with E-state index in [0.29, 0.717) is 10.7 Å². The zero-order valence-corrected chi connectivity index (χ0v) is 15.2. The van der Waals surface area contributed by atoms with E-state index < -0.39 is 17.7 Å². The number of amides is 1. The van der Waals surface area contributed by atoms with Crippen molar-refractivity contribution in [3.8, 4) is 0 Å². The van der Waals surface area contributed by atoms with Crippen molar-refractivity contribution in [2.75, 3.05) is 4.90 Å². The summed E-state index contributed by atoms with van der Waals surface area (Å²) >= 11 is 1.26. The maximum atomic E-state index is 12.8. The Morgan fingerprint density at radius 2 is 1.78 bits per heavy atom. The first kappa shape index (κ1) is 17.1. The zero-order valence-electron chi connectivity index (χ0n) is 14.4. The minimum absolute atomic E-state index is 0.0465. The van der Waals surface area contributed by atoms with Crippen molar-refractivity contribution in [1.29, 1.82) is 0 Å². The lowest BCUT2D eigenvalue weighted by atomic mass is 9.95. The number of carbonyl (C=O) groups is 2. The number of anilines is 1. The molecule has 0 saturated carbocycles.